The van der Waals surface area contributed by atoms with Gasteiger partial charge in [-0.2, -0.15) is 0 Å². The molecule has 2 rings (SSSR count). The molecule has 1 aliphatic heterocycles. The Balaban J connectivity index is 2.27. The van der Waals surface area contributed by atoms with Crippen LogP contribution in [0.1, 0.15) is 37.3 Å². The number of likely N-dealkylation sites (tertiary alicyclic amines) is 1. The first kappa shape index (κ1) is 13.3. The summed E-state index contributed by atoms with van der Waals surface area (Å²) < 4.78 is 0. The Bertz CT molecular complexity index is 422. The van der Waals surface area contributed by atoms with E-state index in [1.54, 1.807) is 6.20 Å². The molecule has 1 aliphatic rings. The Kier molecular flexibility index (Phi) is 3.88. The van der Waals surface area contributed by atoms with Gasteiger partial charge in [-0.3, -0.25) is 0 Å². The average Bonchev–Trinajstić information content (AvgIpc) is 2.55. The summed E-state index contributed by atoms with van der Waals surface area (Å²) in [5.74, 6) is 0.466. The SMILES string of the molecule is CCN1CCCC(O)(c2cc(C)cnc2N)CC1. The molecule has 1 aromatic rings. The van der Waals surface area contributed by atoms with Crippen LogP contribution in [0.3, 0.4) is 0 Å². The highest BCUT2D eigenvalue weighted by molar-refractivity contribution is 5.44. The molecule has 0 bridgehead atoms. The summed E-state index contributed by atoms with van der Waals surface area (Å²) in [5.41, 5.74) is 6.98. The number of nitrogen functional groups attached to an aromatic ring is 1. The molecule has 0 aromatic carbocycles. The van der Waals surface area contributed by atoms with Crippen LogP contribution in [0.5, 0.6) is 0 Å². The number of aromatic nitrogens is 1. The van der Waals surface area contributed by atoms with Gasteiger partial charge in [0.1, 0.15) is 5.82 Å². The van der Waals surface area contributed by atoms with E-state index in [0.29, 0.717) is 5.82 Å². The number of anilines is 1. The van der Waals surface area contributed by atoms with E-state index in [1.165, 1.54) is 0 Å². The monoisotopic (exact) mass is 249 g/mol. The Hall–Kier alpha value is -1.13. The van der Waals surface area contributed by atoms with Crippen molar-refractivity contribution < 1.29 is 5.11 Å². The molecule has 18 heavy (non-hydrogen) atoms. The van der Waals surface area contributed by atoms with E-state index in [0.717, 1.165) is 50.0 Å². The second-order valence-corrected chi connectivity index (χ2v) is 5.26. The fourth-order valence-electron chi connectivity index (χ4n) is 2.71. The quantitative estimate of drug-likeness (QED) is 0.837. The minimum atomic E-state index is -0.812. The van der Waals surface area contributed by atoms with E-state index in [2.05, 4.69) is 16.8 Å². The molecule has 1 unspecified atom stereocenters. The van der Waals surface area contributed by atoms with E-state index < -0.39 is 5.60 Å². The van der Waals surface area contributed by atoms with Crippen LogP contribution in [-0.4, -0.2) is 34.6 Å². The lowest BCUT2D eigenvalue weighted by Gasteiger charge is -2.28. The number of hydrogen-bond donors (Lipinski definition) is 2. The maximum Gasteiger partial charge on any atom is 0.129 e. The maximum atomic E-state index is 10.9. The molecule has 3 N–H and O–H groups in total. The molecular formula is C14H23N3O. The number of rotatable bonds is 2. The van der Waals surface area contributed by atoms with Crippen LogP contribution < -0.4 is 5.73 Å². The highest BCUT2D eigenvalue weighted by atomic mass is 16.3. The molecule has 1 fully saturated rings. The van der Waals surface area contributed by atoms with Gasteiger partial charge in [-0.15, -0.1) is 0 Å². The predicted molar refractivity (Wildman–Crippen MR) is 73.2 cm³/mol. The number of hydrogen-bond acceptors (Lipinski definition) is 4. The molecule has 4 nitrogen and oxygen atoms in total. The van der Waals surface area contributed by atoms with Crippen molar-refractivity contribution in [2.75, 3.05) is 25.4 Å². The fraction of sp³-hybridized carbons (Fsp3) is 0.643. The normalized spacial score (nSPS) is 25.9. The third-order valence-electron chi connectivity index (χ3n) is 3.91. The largest absolute Gasteiger partial charge is 0.385 e. The first-order chi connectivity index (χ1) is 8.55. The topological polar surface area (TPSA) is 62.4 Å². The molecule has 2 heterocycles. The van der Waals surface area contributed by atoms with E-state index in [1.807, 2.05) is 13.0 Å². The third-order valence-corrected chi connectivity index (χ3v) is 3.91. The predicted octanol–water partition coefficient (Wildman–Crippen LogP) is 1.67. The van der Waals surface area contributed by atoms with Crippen LogP contribution in [0.15, 0.2) is 12.3 Å². The van der Waals surface area contributed by atoms with Crippen LogP contribution >= 0.6 is 0 Å². The summed E-state index contributed by atoms with van der Waals surface area (Å²) in [5, 5.41) is 10.9. The van der Waals surface area contributed by atoms with Crippen molar-refractivity contribution in [1.82, 2.24) is 9.88 Å². The molecule has 1 saturated heterocycles. The van der Waals surface area contributed by atoms with E-state index in [-0.39, 0.29) is 0 Å². The minimum Gasteiger partial charge on any atom is -0.385 e. The summed E-state index contributed by atoms with van der Waals surface area (Å²) in [6.45, 7) is 7.15. The first-order valence-electron chi connectivity index (χ1n) is 6.72. The van der Waals surface area contributed by atoms with Gasteiger partial charge in [-0.1, -0.05) is 6.92 Å². The number of nitrogens with two attached hydrogens (primary N) is 1. The van der Waals surface area contributed by atoms with E-state index in [4.69, 9.17) is 5.73 Å². The highest BCUT2D eigenvalue weighted by Gasteiger charge is 2.33. The second-order valence-electron chi connectivity index (χ2n) is 5.26. The van der Waals surface area contributed by atoms with Crippen LogP contribution in [0.25, 0.3) is 0 Å². The Morgan fingerprint density at radius 2 is 2.22 bits per heavy atom. The summed E-state index contributed by atoms with van der Waals surface area (Å²) in [4.78, 5) is 6.55. The minimum absolute atomic E-state index is 0.466. The number of nitrogens with zero attached hydrogens (tertiary/aromatic N) is 2. The van der Waals surface area contributed by atoms with Gasteiger partial charge in [0.15, 0.2) is 0 Å². The third kappa shape index (κ3) is 2.65. The summed E-state index contributed by atoms with van der Waals surface area (Å²) in [6.07, 6.45) is 4.24. The first-order valence-corrected chi connectivity index (χ1v) is 6.72. The van der Waals surface area contributed by atoms with Crippen LogP contribution in [0, 0.1) is 6.92 Å². The summed E-state index contributed by atoms with van der Waals surface area (Å²) >= 11 is 0. The molecular weight excluding hydrogens is 226 g/mol. The van der Waals surface area contributed by atoms with Gasteiger partial charge in [0.25, 0.3) is 0 Å². The summed E-state index contributed by atoms with van der Waals surface area (Å²) in [7, 11) is 0. The molecule has 0 amide bonds. The molecule has 0 radical (unpaired) electrons. The lowest BCUT2D eigenvalue weighted by Crippen LogP contribution is -2.30. The van der Waals surface area contributed by atoms with Crippen molar-refractivity contribution >= 4 is 5.82 Å². The standard InChI is InChI=1S/C14H23N3O/c1-3-17-7-4-5-14(18,6-8-17)12-9-11(2)10-16-13(12)15/h9-10,18H,3-8H2,1-2H3,(H2,15,16). The smallest absolute Gasteiger partial charge is 0.129 e. The van der Waals surface area contributed by atoms with Crippen molar-refractivity contribution in [3.63, 3.8) is 0 Å². The van der Waals surface area contributed by atoms with Crippen LogP contribution in [-0.2, 0) is 5.60 Å². The van der Waals surface area contributed by atoms with E-state index >= 15 is 0 Å². The van der Waals surface area contributed by atoms with Crippen molar-refractivity contribution in [2.24, 2.45) is 0 Å². The summed E-state index contributed by atoms with van der Waals surface area (Å²) in [6, 6.07) is 1.98. The van der Waals surface area contributed by atoms with Gasteiger partial charge in [0.05, 0.1) is 5.60 Å². The molecule has 0 aliphatic carbocycles. The van der Waals surface area contributed by atoms with Crippen LogP contribution in [0.2, 0.25) is 0 Å². The lowest BCUT2D eigenvalue weighted by atomic mass is 9.86. The van der Waals surface area contributed by atoms with E-state index in [9.17, 15) is 5.11 Å². The molecule has 0 spiro atoms. The second kappa shape index (κ2) is 5.24. The van der Waals surface area contributed by atoms with Gasteiger partial charge < -0.3 is 15.7 Å². The fourth-order valence-corrected chi connectivity index (χ4v) is 2.71. The number of aliphatic hydroxyl groups is 1. The van der Waals surface area contributed by atoms with Gasteiger partial charge in [0.2, 0.25) is 0 Å². The zero-order valence-electron chi connectivity index (χ0n) is 11.3. The zero-order valence-corrected chi connectivity index (χ0v) is 11.3. The Morgan fingerprint density at radius 3 is 2.94 bits per heavy atom. The van der Waals surface area contributed by atoms with Gasteiger partial charge in [-0.25, -0.2) is 4.98 Å². The van der Waals surface area contributed by atoms with Crippen molar-refractivity contribution in [1.29, 1.82) is 0 Å². The molecule has 100 valence electrons. The zero-order chi connectivity index (χ0) is 13.2. The molecule has 1 atom stereocenters. The van der Waals surface area contributed by atoms with Crippen molar-refractivity contribution in [3.8, 4) is 0 Å². The van der Waals surface area contributed by atoms with Gasteiger partial charge in [-0.05, 0) is 50.9 Å². The number of aryl methyl sites for hydroxylation is 1. The lowest BCUT2D eigenvalue weighted by molar-refractivity contribution is 0.0218. The number of pyridine rings is 1. The Morgan fingerprint density at radius 1 is 1.44 bits per heavy atom. The van der Waals surface area contributed by atoms with Crippen LogP contribution in [0.4, 0.5) is 5.82 Å². The maximum absolute atomic E-state index is 10.9. The molecule has 1 aromatic heterocycles. The highest BCUT2D eigenvalue weighted by Crippen LogP contribution is 2.35. The van der Waals surface area contributed by atoms with Gasteiger partial charge >= 0.3 is 0 Å². The molecule has 0 saturated carbocycles. The van der Waals surface area contributed by atoms with Crippen molar-refractivity contribution in [3.05, 3.63) is 23.4 Å². The Labute approximate surface area is 109 Å². The average molecular weight is 249 g/mol. The van der Waals surface area contributed by atoms with Crippen molar-refractivity contribution in [2.45, 2.75) is 38.7 Å². The van der Waals surface area contributed by atoms with Gasteiger partial charge in [0, 0.05) is 18.3 Å². The molecule has 4 heteroatoms.